The number of hydrogen-bond acceptors (Lipinski definition) is 4. The van der Waals surface area contributed by atoms with E-state index in [4.69, 9.17) is 11.6 Å². The molecule has 0 bridgehead atoms. The molecule has 0 fully saturated rings. The highest BCUT2D eigenvalue weighted by Gasteiger charge is 2.18. The van der Waals surface area contributed by atoms with Crippen molar-refractivity contribution in [1.82, 2.24) is 15.6 Å². The number of benzene rings is 1. The lowest BCUT2D eigenvalue weighted by atomic mass is 9.92. The molecule has 0 saturated heterocycles. The molecule has 2 N–H and O–H groups in total. The van der Waals surface area contributed by atoms with Gasteiger partial charge in [-0.3, -0.25) is 9.98 Å². The third kappa shape index (κ3) is 3.34. The van der Waals surface area contributed by atoms with Gasteiger partial charge in [0.2, 0.25) is 0 Å². The molecule has 1 aromatic heterocycles. The third-order valence-electron chi connectivity index (χ3n) is 3.54. The fourth-order valence-corrected chi connectivity index (χ4v) is 2.74. The Morgan fingerprint density at radius 3 is 2.71 bits per heavy atom. The molecule has 108 valence electrons. The topological polar surface area (TPSA) is 49.3 Å². The van der Waals surface area contributed by atoms with Crippen LogP contribution in [-0.2, 0) is 0 Å². The van der Waals surface area contributed by atoms with Gasteiger partial charge in [-0.1, -0.05) is 29.8 Å². The normalized spacial score (nSPS) is 15.2. The maximum Gasteiger partial charge on any atom is 0.191 e. The molecule has 21 heavy (non-hydrogen) atoms. The van der Waals surface area contributed by atoms with Crippen LogP contribution in [0.4, 0.5) is 0 Å². The Bertz CT molecular complexity index is 627. The van der Waals surface area contributed by atoms with E-state index in [2.05, 4.69) is 26.7 Å². The van der Waals surface area contributed by atoms with Gasteiger partial charge < -0.3 is 10.6 Å². The van der Waals surface area contributed by atoms with Gasteiger partial charge in [-0.05, 0) is 29.3 Å². The number of halogens is 1. The molecular formula is C16H17ClN4. The van der Waals surface area contributed by atoms with Gasteiger partial charge in [0.05, 0.1) is 6.54 Å². The van der Waals surface area contributed by atoms with E-state index < -0.39 is 0 Å². The summed E-state index contributed by atoms with van der Waals surface area (Å²) in [7, 11) is 0. The zero-order valence-electron chi connectivity index (χ0n) is 11.6. The molecule has 1 aromatic carbocycles. The lowest BCUT2D eigenvalue weighted by Gasteiger charge is -2.20. The SMILES string of the molecule is Clc1ccccc1C(CNC1=NCCN1)c1ccncc1. The average Bonchev–Trinajstić information content (AvgIpc) is 3.04. The minimum Gasteiger partial charge on any atom is -0.355 e. The molecule has 2 heterocycles. The summed E-state index contributed by atoms with van der Waals surface area (Å²) in [5.41, 5.74) is 2.29. The van der Waals surface area contributed by atoms with Crippen LogP contribution in [0.2, 0.25) is 5.02 Å². The van der Waals surface area contributed by atoms with E-state index in [1.165, 1.54) is 5.56 Å². The molecule has 5 heteroatoms. The maximum atomic E-state index is 6.38. The van der Waals surface area contributed by atoms with Gasteiger partial charge in [0.25, 0.3) is 0 Å². The largest absolute Gasteiger partial charge is 0.355 e. The summed E-state index contributed by atoms with van der Waals surface area (Å²) in [4.78, 5) is 8.46. The van der Waals surface area contributed by atoms with Crippen LogP contribution in [0, 0.1) is 0 Å². The van der Waals surface area contributed by atoms with Gasteiger partial charge in [0.1, 0.15) is 0 Å². The Morgan fingerprint density at radius 2 is 2.00 bits per heavy atom. The number of rotatable bonds is 4. The van der Waals surface area contributed by atoms with Crippen molar-refractivity contribution in [3.63, 3.8) is 0 Å². The molecule has 0 amide bonds. The lowest BCUT2D eigenvalue weighted by molar-refractivity contribution is 0.744. The second-order valence-electron chi connectivity index (χ2n) is 4.89. The summed E-state index contributed by atoms with van der Waals surface area (Å²) in [5, 5.41) is 7.37. The molecule has 0 aliphatic carbocycles. The Labute approximate surface area is 129 Å². The van der Waals surface area contributed by atoms with E-state index in [9.17, 15) is 0 Å². The van der Waals surface area contributed by atoms with Crippen molar-refractivity contribution in [2.75, 3.05) is 19.6 Å². The average molecular weight is 301 g/mol. The van der Waals surface area contributed by atoms with Gasteiger partial charge in [0, 0.05) is 36.4 Å². The minimum absolute atomic E-state index is 0.159. The summed E-state index contributed by atoms with van der Waals surface area (Å²) in [6.07, 6.45) is 3.62. The number of nitrogens with zero attached hydrogens (tertiary/aromatic N) is 2. The molecule has 1 atom stereocenters. The number of hydrogen-bond donors (Lipinski definition) is 2. The summed E-state index contributed by atoms with van der Waals surface area (Å²) in [5.74, 6) is 1.02. The molecule has 2 aromatic rings. The molecule has 4 nitrogen and oxygen atoms in total. The predicted molar refractivity (Wildman–Crippen MR) is 85.8 cm³/mol. The first-order valence-corrected chi connectivity index (χ1v) is 7.39. The molecule has 1 unspecified atom stereocenters. The van der Waals surface area contributed by atoms with Crippen LogP contribution in [0.1, 0.15) is 17.0 Å². The highest BCUT2D eigenvalue weighted by atomic mass is 35.5. The zero-order valence-corrected chi connectivity index (χ0v) is 12.3. The molecule has 0 radical (unpaired) electrons. The highest BCUT2D eigenvalue weighted by molar-refractivity contribution is 6.31. The van der Waals surface area contributed by atoms with Crippen LogP contribution in [0.5, 0.6) is 0 Å². The summed E-state index contributed by atoms with van der Waals surface area (Å²) in [6, 6.07) is 12.0. The highest BCUT2D eigenvalue weighted by Crippen LogP contribution is 2.29. The van der Waals surface area contributed by atoms with Crippen molar-refractivity contribution in [3.8, 4) is 0 Å². The Morgan fingerprint density at radius 1 is 1.19 bits per heavy atom. The second-order valence-corrected chi connectivity index (χ2v) is 5.30. The number of aromatic nitrogens is 1. The van der Waals surface area contributed by atoms with Crippen molar-refractivity contribution in [2.24, 2.45) is 4.99 Å². The smallest absolute Gasteiger partial charge is 0.191 e. The summed E-state index contributed by atoms with van der Waals surface area (Å²) in [6.45, 7) is 2.46. The number of nitrogens with one attached hydrogen (secondary N) is 2. The van der Waals surface area contributed by atoms with Crippen molar-refractivity contribution in [2.45, 2.75) is 5.92 Å². The van der Waals surface area contributed by atoms with Crippen molar-refractivity contribution >= 4 is 17.6 Å². The van der Waals surface area contributed by atoms with Crippen LogP contribution >= 0.6 is 11.6 Å². The van der Waals surface area contributed by atoms with Crippen molar-refractivity contribution in [1.29, 1.82) is 0 Å². The summed E-state index contributed by atoms with van der Waals surface area (Å²) >= 11 is 6.38. The predicted octanol–water partition coefficient (Wildman–Crippen LogP) is 2.42. The maximum absolute atomic E-state index is 6.38. The molecular weight excluding hydrogens is 284 g/mol. The molecule has 3 rings (SSSR count). The number of pyridine rings is 1. The number of guanidine groups is 1. The van der Waals surface area contributed by atoms with Crippen LogP contribution in [0.25, 0.3) is 0 Å². The van der Waals surface area contributed by atoms with Gasteiger partial charge in [-0.25, -0.2) is 0 Å². The van der Waals surface area contributed by atoms with Gasteiger partial charge in [-0.2, -0.15) is 0 Å². The Balaban J connectivity index is 1.86. The van der Waals surface area contributed by atoms with E-state index in [1.807, 2.05) is 42.7 Å². The van der Waals surface area contributed by atoms with Crippen molar-refractivity contribution < 1.29 is 0 Å². The van der Waals surface area contributed by atoms with Crippen LogP contribution in [-0.4, -0.2) is 30.6 Å². The first-order chi connectivity index (χ1) is 10.3. The van der Waals surface area contributed by atoms with E-state index >= 15 is 0 Å². The molecule has 1 aliphatic heterocycles. The fraction of sp³-hybridized carbons (Fsp3) is 0.250. The zero-order chi connectivity index (χ0) is 14.5. The van der Waals surface area contributed by atoms with Gasteiger partial charge in [-0.15, -0.1) is 0 Å². The van der Waals surface area contributed by atoms with Crippen LogP contribution in [0.15, 0.2) is 53.8 Å². The molecule has 0 spiro atoms. The quantitative estimate of drug-likeness (QED) is 0.912. The standard InChI is InChI=1S/C16H17ClN4/c17-15-4-2-1-3-13(15)14(12-5-7-18-8-6-12)11-21-16-19-9-10-20-16/h1-8,14H,9-11H2,(H2,19,20,21). The van der Waals surface area contributed by atoms with Gasteiger partial charge in [0.15, 0.2) is 5.96 Å². The van der Waals surface area contributed by atoms with E-state index in [1.54, 1.807) is 0 Å². The monoisotopic (exact) mass is 300 g/mol. The Kier molecular flexibility index (Phi) is 4.36. The van der Waals surface area contributed by atoms with Crippen LogP contribution < -0.4 is 10.6 Å². The molecule has 0 saturated carbocycles. The Hall–Kier alpha value is -2.07. The van der Waals surface area contributed by atoms with Crippen molar-refractivity contribution in [3.05, 3.63) is 64.9 Å². The number of aliphatic imine (C=N–C) groups is 1. The first-order valence-electron chi connectivity index (χ1n) is 7.01. The third-order valence-corrected chi connectivity index (χ3v) is 3.88. The second kappa shape index (κ2) is 6.59. The fourth-order valence-electron chi connectivity index (χ4n) is 2.48. The van der Waals surface area contributed by atoms with Gasteiger partial charge >= 0.3 is 0 Å². The van der Waals surface area contributed by atoms with E-state index in [0.717, 1.165) is 36.2 Å². The molecule has 1 aliphatic rings. The van der Waals surface area contributed by atoms with Crippen LogP contribution in [0.3, 0.4) is 0 Å². The first kappa shape index (κ1) is 13.9. The lowest BCUT2D eigenvalue weighted by Crippen LogP contribution is -2.36. The van der Waals surface area contributed by atoms with E-state index in [0.29, 0.717) is 0 Å². The van der Waals surface area contributed by atoms with E-state index in [-0.39, 0.29) is 5.92 Å². The minimum atomic E-state index is 0.159. The summed E-state index contributed by atoms with van der Waals surface area (Å²) < 4.78 is 0.